The Kier molecular flexibility index (Phi) is 3.28. The summed E-state index contributed by atoms with van der Waals surface area (Å²) in [5.41, 5.74) is 4.39. The molecule has 0 amide bonds. The molecule has 2 heterocycles. The molecule has 3 rings (SSSR count). The minimum absolute atomic E-state index is 0.621. The Bertz CT molecular complexity index is 841. The molecule has 0 aliphatic carbocycles. The molecule has 0 saturated carbocycles. The van der Waals surface area contributed by atoms with E-state index < -0.39 is 0 Å². The summed E-state index contributed by atoms with van der Waals surface area (Å²) in [6, 6.07) is 11.7. The van der Waals surface area contributed by atoms with Gasteiger partial charge in [0.25, 0.3) is 0 Å². The lowest BCUT2D eigenvalue weighted by Crippen LogP contribution is -2.02. The van der Waals surface area contributed by atoms with Crippen LogP contribution in [0.3, 0.4) is 0 Å². The number of nitriles is 1. The summed E-state index contributed by atoms with van der Waals surface area (Å²) < 4.78 is 1.78. The Morgan fingerprint density at radius 2 is 2.14 bits per heavy atom. The van der Waals surface area contributed by atoms with E-state index in [1.54, 1.807) is 10.7 Å². The zero-order chi connectivity index (χ0) is 14.8. The van der Waals surface area contributed by atoms with Crippen LogP contribution >= 0.6 is 0 Å². The van der Waals surface area contributed by atoms with Gasteiger partial charge in [0.05, 0.1) is 16.9 Å². The van der Waals surface area contributed by atoms with E-state index in [4.69, 9.17) is 5.26 Å². The fourth-order valence-corrected chi connectivity index (χ4v) is 2.38. The summed E-state index contributed by atoms with van der Waals surface area (Å²) in [6.07, 6.45) is 1.84. The number of nitrogens with one attached hydrogen (secondary N) is 1. The molecule has 0 radical (unpaired) electrons. The highest BCUT2D eigenvalue weighted by Gasteiger charge is 2.07. The summed E-state index contributed by atoms with van der Waals surface area (Å²) >= 11 is 0. The van der Waals surface area contributed by atoms with Crippen molar-refractivity contribution in [2.24, 2.45) is 7.05 Å². The number of hydrogen-bond acceptors (Lipinski definition) is 4. The number of anilines is 1. The summed E-state index contributed by atoms with van der Waals surface area (Å²) in [7, 11) is 1.89. The van der Waals surface area contributed by atoms with Gasteiger partial charge in [0.15, 0.2) is 5.65 Å². The van der Waals surface area contributed by atoms with Crippen molar-refractivity contribution in [2.75, 3.05) is 5.32 Å². The third-order valence-corrected chi connectivity index (χ3v) is 3.45. The van der Waals surface area contributed by atoms with Crippen molar-refractivity contribution in [3.63, 3.8) is 0 Å². The number of para-hydroxylation sites is 1. The first kappa shape index (κ1) is 13.1. The molecule has 2 aromatic heterocycles. The van der Waals surface area contributed by atoms with Gasteiger partial charge in [-0.2, -0.15) is 10.4 Å². The molecule has 0 aliphatic rings. The van der Waals surface area contributed by atoms with E-state index in [1.165, 1.54) is 0 Å². The van der Waals surface area contributed by atoms with Crippen LogP contribution in [-0.4, -0.2) is 14.8 Å². The average molecular weight is 277 g/mol. The summed E-state index contributed by atoms with van der Waals surface area (Å²) in [4.78, 5) is 4.45. The van der Waals surface area contributed by atoms with Crippen molar-refractivity contribution in [2.45, 2.75) is 13.5 Å². The van der Waals surface area contributed by atoms with Gasteiger partial charge < -0.3 is 5.32 Å². The van der Waals surface area contributed by atoms with E-state index in [1.807, 2.05) is 38.4 Å². The molecule has 0 atom stereocenters. The van der Waals surface area contributed by atoms with Crippen LogP contribution in [0.2, 0.25) is 0 Å². The van der Waals surface area contributed by atoms with Gasteiger partial charge in [-0.3, -0.25) is 4.68 Å². The number of benzene rings is 1. The highest BCUT2D eigenvalue weighted by atomic mass is 15.3. The lowest BCUT2D eigenvalue weighted by molar-refractivity contribution is 0.773. The Labute approximate surface area is 122 Å². The highest BCUT2D eigenvalue weighted by Crippen LogP contribution is 2.18. The molecule has 1 N–H and O–H groups in total. The second-order valence-electron chi connectivity index (χ2n) is 4.93. The summed E-state index contributed by atoms with van der Waals surface area (Å²) in [6.45, 7) is 2.60. The smallest absolute Gasteiger partial charge is 0.157 e. The molecule has 0 spiro atoms. The number of aromatic nitrogens is 3. The number of nitrogens with zero attached hydrogens (tertiary/aromatic N) is 4. The molecule has 104 valence electrons. The van der Waals surface area contributed by atoms with Crippen molar-refractivity contribution < 1.29 is 0 Å². The lowest BCUT2D eigenvalue weighted by atomic mass is 10.1. The fraction of sp³-hybridized carbons (Fsp3) is 0.188. The molecule has 0 unspecified atom stereocenters. The van der Waals surface area contributed by atoms with E-state index in [0.29, 0.717) is 12.1 Å². The zero-order valence-electron chi connectivity index (χ0n) is 12.0. The molecule has 3 aromatic rings. The van der Waals surface area contributed by atoms with Crippen LogP contribution in [0.25, 0.3) is 11.0 Å². The van der Waals surface area contributed by atoms with E-state index in [-0.39, 0.29) is 0 Å². The van der Waals surface area contributed by atoms with Crippen LogP contribution in [0, 0.1) is 18.3 Å². The van der Waals surface area contributed by atoms with E-state index >= 15 is 0 Å². The molecule has 0 aliphatic heterocycles. The largest absolute Gasteiger partial charge is 0.380 e. The van der Waals surface area contributed by atoms with Gasteiger partial charge in [-0.25, -0.2) is 4.98 Å². The molecule has 0 fully saturated rings. The number of aryl methyl sites for hydroxylation is 2. The van der Waals surface area contributed by atoms with Crippen molar-refractivity contribution in [3.8, 4) is 6.07 Å². The molecular formula is C16H15N5. The van der Waals surface area contributed by atoms with E-state index in [2.05, 4.69) is 27.5 Å². The third kappa shape index (κ3) is 2.43. The molecule has 5 nitrogen and oxygen atoms in total. The van der Waals surface area contributed by atoms with Crippen molar-refractivity contribution in [3.05, 3.63) is 53.3 Å². The van der Waals surface area contributed by atoms with Gasteiger partial charge in [-0.15, -0.1) is 0 Å². The predicted molar refractivity (Wildman–Crippen MR) is 81.7 cm³/mol. The Balaban J connectivity index is 1.86. The number of pyridine rings is 1. The maximum absolute atomic E-state index is 9.08. The Morgan fingerprint density at radius 1 is 1.33 bits per heavy atom. The summed E-state index contributed by atoms with van der Waals surface area (Å²) in [5, 5.41) is 17.8. The van der Waals surface area contributed by atoms with Crippen LogP contribution in [0.4, 0.5) is 5.69 Å². The maximum atomic E-state index is 9.08. The molecule has 0 saturated heterocycles. The quantitative estimate of drug-likeness (QED) is 0.799. The second kappa shape index (κ2) is 5.25. The monoisotopic (exact) mass is 277 g/mol. The van der Waals surface area contributed by atoms with Gasteiger partial charge in [0, 0.05) is 25.2 Å². The molecule has 1 aromatic carbocycles. The predicted octanol–water partition coefficient (Wildman–Crippen LogP) is 2.76. The lowest BCUT2D eigenvalue weighted by Gasteiger charge is -2.08. The van der Waals surface area contributed by atoms with Gasteiger partial charge >= 0.3 is 0 Å². The van der Waals surface area contributed by atoms with Crippen LogP contribution in [-0.2, 0) is 13.6 Å². The van der Waals surface area contributed by atoms with E-state index in [0.717, 1.165) is 28.0 Å². The minimum atomic E-state index is 0.621. The van der Waals surface area contributed by atoms with Gasteiger partial charge in [-0.1, -0.05) is 12.1 Å². The average Bonchev–Trinajstić information content (AvgIpc) is 2.80. The molecule has 21 heavy (non-hydrogen) atoms. The molecular weight excluding hydrogens is 262 g/mol. The molecule has 5 heteroatoms. The zero-order valence-corrected chi connectivity index (χ0v) is 12.0. The van der Waals surface area contributed by atoms with E-state index in [9.17, 15) is 0 Å². The normalized spacial score (nSPS) is 10.5. The van der Waals surface area contributed by atoms with Crippen LogP contribution < -0.4 is 5.32 Å². The van der Waals surface area contributed by atoms with Gasteiger partial charge in [-0.05, 0) is 30.7 Å². The molecule has 0 bridgehead atoms. The maximum Gasteiger partial charge on any atom is 0.157 e. The highest BCUT2D eigenvalue weighted by molar-refractivity contribution is 5.78. The van der Waals surface area contributed by atoms with Crippen molar-refractivity contribution in [1.29, 1.82) is 5.26 Å². The third-order valence-electron chi connectivity index (χ3n) is 3.45. The topological polar surface area (TPSA) is 66.5 Å². The van der Waals surface area contributed by atoms with Crippen LogP contribution in [0.1, 0.15) is 16.8 Å². The first-order valence-electron chi connectivity index (χ1n) is 6.70. The van der Waals surface area contributed by atoms with Crippen LogP contribution in [0.5, 0.6) is 0 Å². The number of rotatable bonds is 3. The summed E-state index contributed by atoms with van der Waals surface area (Å²) in [5.74, 6) is 0. The van der Waals surface area contributed by atoms with Crippen molar-refractivity contribution in [1.82, 2.24) is 14.8 Å². The minimum Gasteiger partial charge on any atom is -0.380 e. The van der Waals surface area contributed by atoms with Crippen molar-refractivity contribution >= 4 is 16.7 Å². The van der Waals surface area contributed by atoms with Gasteiger partial charge in [0.2, 0.25) is 0 Å². The standard InChI is InChI=1S/C16H15N5/c1-11-14-7-12(10-19-16(14)21(2)20-11)9-18-15-6-4-3-5-13(15)8-17/h3-7,10,18H,9H2,1-2H3. The van der Waals surface area contributed by atoms with Gasteiger partial charge in [0.1, 0.15) is 6.07 Å². The van der Waals surface area contributed by atoms with Crippen LogP contribution in [0.15, 0.2) is 36.5 Å². The first-order chi connectivity index (χ1) is 10.2. The SMILES string of the molecule is Cc1nn(C)c2ncc(CNc3ccccc3C#N)cc12. The Hall–Kier alpha value is -2.87. The number of fused-ring (bicyclic) bond motifs is 1. The first-order valence-corrected chi connectivity index (χ1v) is 6.70. The Morgan fingerprint density at radius 3 is 2.95 bits per heavy atom. The number of hydrogen-bond donors (Lipinski definition) is 1. The second-order valence-corrected chi connectivity index (χ2v) is 4.93. The fourth-order valence-electron chi connectivity index (χ4n) is 2.38.